The molecule has 0 bridgehead atoms. The van der Waals surface area contributed by atoms with Gasteiger partial charge in [-0.25, -0.2) is 0 Å². The third-order valence-corrected chi connectivity index (χ3v) is 3.35. The van der Waals surface area contributed by atoms with Gasteiger partial charge >= 0.3 is 0 Å². The molecule has 0 N–H and O–H groups in total. The smallest absolute Gasteiger partial charge is 0.185 e. The van der Waals surface area contributed by atoms with E-state index in [1.807, 2.05) is 12.1 Å². The molecule has 0 amide bonds. The van der Waals surface area contributed by atoms with Crippen LogP contribution in [0.15, 0.2) is 40.8 Å². The number of nitrogens with zero attached hydrogens (tertiary/aromatic N) is 1. The standard InChI is InChI=1S/C15H15NO2/c17-11-14-8-13-6-7-16(10-15(13)18-14)9-12-4-2-1-3-5-12/h1-5,8,11H,6-7,9-10H2. The molecule has 0 atom stereocenters. The van der Waals surface area contributed by atoms with Gasteiger partial charge in [0.15, 0.2) is 12.0 Å². The second-order valence-electron chi connectivity index (χ2n) is 4.66. The molecule has 0 saturated heterocycles. The molecular formula is C15H15NO2. The van der Waals surface area contributed by atoms with Gasteiger partial charge in [0.1, 0.15) is 5.76 Å². The van der Waals surface area contributed by atoms with Crippen molar-refractivity contribution in [2.24, 2.45) is 0 Å². The lowest BCUT2D eigenvalue weighted by Gasteiger charge is -2.25. The quantitative estimate of drug-likeness (QED) is 0.775. The molecule has 92 valence electrons. The van der Waals surface area contributed by atoms with Crippen LogP contribution in [0, 0.1) is 0 Å². The van der Waals surface area contributed by atoms with E-state index in [1.54, 1.807) is 0 Å². The summed E-state index contributed by atoms with van der Waals surface area (Å²) in [5.41, 5.74) is 2.49. The van der Waals surface area contributed by atoms with Crippen molar-refractivity contribution >= 4 is 6.29 Å². The van der Waals surface area contributed by atoms with Crippen LogP contribution in [0.5, 0.6) is 0 Å². The van der Waals surface area contributed by atoms with Gasteiger partial charge in [-0.3, -0.25) is 9.69 Å². The second-order valence-corrected chi connectivity index (χ2v) is 4.66. The van der Waals surface area contributed by atoms with Crippen LogP contribution in [0.3, 0.4) is 0 Å². The van der Waals surface area contributed by atoms with E-state index < -0.39 is 0 Å². The van der Waals surface area contributed by atoms with E-state index in [0.29, 0.717) is 5.76 Å². The van der Waals surface area contributed by atoms with Crippen LogP contribution in [0.4, 0.5) is 0 Å². The fourth-order valence-electron chi connectivity index (χ4n) is 2.43. The molecule has 2 heterocycles. The van der Waals surface area contributed by atoms with Gasteiger partial charge in [-0.05, 0) is 23.6 Å². The third kappa shape index (κ3) is 2.22. The van der Waals surface area contributed by atoms with Gasteiger partial charge in [-0.1, -0.05) is 30.3 Å². The average Bonchev–Trinajstić information content (AvgIpc) is 2.82. The molecule has 2 aromatic rings. The van der Waals surface area contributed by atoms with Gasteiger partial charge in [0.2, 0.25) is 0 Å². The molecule has 3 nitrogen and oxygen atoms in total. The minimum Gasteiger partial charge on any atom is -0.457 e. The van der Waals surface area contributed by atoms with E-state index in [0.717, 1.165) is 38.1 Å². The Labute approximate surface area is 106 Å². The zero-order chi connectivity index (χ0) is 12.4. The Kier molecular flexibility index (Phi) is 2.99. The molecule has 1 aromatic heterocycles. The van der Waals surface area contributed by atoms with Gasteiger partial charge in [-0.2, -0.15) is 0 Å². The van der Waals surface area contributed by atoms with Gasteiger partial charge in [0.05, 0.1) is 6.54 Å². The molecule has 1 aliphatic rings. The van der Waals surface area contributed by atoms with E-state index in [2.05, 4.69) is 29.2 Å². The number of aldehydes is 1. The molecule has 0 aliphatic carbocycles. The Morgan fingerprint density at radius 3 is 2.89 bits per heavy atom. The Bertz CT molecular complexity index is 545. The zero-order valence-corrected chi connectivity index (χ0v) is 10.1. The molecule has 1 aliphatic heterocycles. The monoisotopic (exact) mass is 241 g/mol. The number of furan rings is 1. The lowest BCUT2D eigenvalue weighted by molar-refractivity contribution is 0.109. The molecule has 0 unspecified atom stereocenters. The van der Waals surface area contributed by atoms with Crippen molar-refractivity contribution in [2.75, 3.05) is 6.54 Å². The van der Waals surface area contributed by atoms with Gasteiger partial charge < -0.3 is 4.42 Å². The predicted octanol–water partition coefficient (Wildman–Crippen LogP) is 2.65. The van der Waals surface area contributed by atoms with Gasteiger partial charge in [0, 0.05) is 13.1 Å². The lowest BCUT2D eigenvalue weighted by atomic mass is 10.1. The number of hydrogen-bond acceptors (Lipinski definition) is 3. The largest absolute Gasteiger partial charge is 0.457 e. The molecule has 18 heavy (non-hydrogen) atoms. The highest BCUT2D eigenvalue weighted by Crippen LogP contribution is 2.23. The Morgan fingerprint density at radius 1 is 1.28 bits per heavy atom. The van der Waals surface area contributed by atoms with E-state index in [9.17, 15) is 4.79 Å². The van der Waals surface area contributed by atoms with Crippen LogP contribution in [-0.4, -0.2) is 17.7 Å². The first-order valence-corrected chi connectivity index (χ1v) is 6.18. The van der Waals surface area contributed by atoms with Crippen molar-refractivity contribution < 1.29 is 9.21 Å². The molecule has 0 saturated carbocycles. The van der Waals surface area contributed by atoms with Crippen LogP contribution < -0.4 is 0 Å². The first-order chi connectivity index (χ1) is 8.85. The topological polar surface area (TPSA) is 33.5 Å². The molecule has 3 heteroatoms. The molecule has 0 radical (unpaired) electrons. The number of fused-ring (bicyclic) bond motifs is 1. The summed E-state index contributed by atoms with van der Waals surface area (Å²) in [7, 11) is 0. The van der Waals surface area contributed by atoms with Gasteiger partial charge in [-0.15, -0.1) is 0 Å². The Morgan fingerprint density at radius 2 is 2.11 bits per heavy atom. The van der Waals surface area contributed by atoms with Crippen molar-refractivity contribution in [2.45, 2.75) is 19.5 Å². The van der Waals surface area contributed by atoms with Crippen molar-refractivity contribution in [1.82, 2.24) is 4.90 Å². The van der Waals surface area contributed by atoms with Crippen molar-refractivity contribution in [3.63, 3.8) is 0 Å². The first kappa shape index (κ1) is 11.2. The maximum atomic E-state index is 10.7. The van der Waals surface area contributed by atoms with E-state index in [1.165, 1.54) is 11.1 Å². The number of hydrogen-bond donors (Lipinski definition) is 0. The summed E-state index contributed by atoms with van der Waals surface area (Å²) in [6, 6.07) is 12.3. The van der Waals surface area contributed by atoms with Crippen molar-refractivity contribution in [3.8, 4) is 0 Å². The molecule has 0 fully saturated rings. The first-order valence-electron chi connectivity index (χ1n) is 6.18. The van der Waals surface area contributed by atoms with Crippen molar-refractivity contribution in [3.05, 3.63) is 59.0 Å². The normalized spacial score (nSPS) is 15.3. The third-order valence-electron chi connectivity index (χ3n) is 3.35. The zero-order valence-electron chi connectivity index (χ0n) is 10.1. The van der Waals surface area contributed by atoms with Crippen LogP contribution >= 0.6 is 0 Å². The Balaban J connectivity index is 1.73. The SMILES string of the molecule is O=Cc1cc2c(o1)CN(Cc1ccccc1)CC2. The van der Waals surface area contributed by atoms with Gasteiger partial charge in [0.25, 0.3) is 0 Å². The second kappa shape index (κ2) is 4.78. The van der Waals surface area contributed by atoms with Crippen LogP contribution in [0.25, 0.3) is 0 Å². The number of carbonyl (C=O) groups excluding carboxylic acids is 1. The summed E-state index contributed by atoms with van der Waals surface area (Å²) in [4.78, 5) is 13.0. The summed E-state index contributed by atoms with van der Waals surface area (Å²) >= 11 is 0. The van der Waals surface area contributed by atoms with Crippen LogP contribution in [-0.2, 0) is 19.5 Å². The van der Waals surface area contributed by atoms with Crippen molar-refractivity contribution in [1.29, 1.82) is 0 Å². The number of carbonyl (C=O) groups is 1. The summed E-state index contributed by atoms with van der Waals surface area (Å²) < 4.78 is 5.51. The minimum atomic E-state index is 0.446. The Hall–Kier alpha value is -1.87. The molecule has 3 rings (SSSR count). The average molecular weight is 241 g/mol. The predicted molar refractivity (Wildman–Crippen MR) is 68.4 cm³/mol. The number of benzene rings is 1. The molecular weight excluding hydrogens is 226 g/mol. The molecule has 1 aromatic carbocycles. The summed E-state index contributed by atoms with van der Waals surface area (Å²) in [5, 5.41) is 0. The highest BCUT2D eigenvalue weighted by atomic mass is 16.3. The maximum absolute atomic E-state index is 10.7. The summed E-state index contributed by atoms with van der Waals surface area (Å²) in [6.45, 7) is 2.73. The fourth-order valence-corrected chi connectivity index (χ4v) is 2.43. The summed E-state index contributed by atoms with van der Waals surface area (Å²) in [5.74, 6) is 1.39. The van der Waals surface area contributed by atoms with Crippen LogP contribution in [0.1, 0.15) is 27.4 Å². The van der Waals surface area contributed by atoms with E-state index >= 15 is 0 Å². The minimum absolute atomic E-state index is 0.446. The highest BCUT2D eigenvalue weighted by molar-refractivity contribution is 5.71. The highest BCUT2D eigenvalue weighted by Gasteiger charge is 2.20. The van der Waals surface area contributed by atoms with Crippen LogP contribution in [0.2, 0.25) is 0 Å². The molecule has 0 spiro atoms. The fraction of sp³-hybridized carbons (Fsp3) is 0.267. The van der Waals surface area contributed by atoms with E-state index in [-0.39, 0.29) is 0 Å². The summed E-state index contributed by atoms with van der Waals surface area (Å²) in [6.07, 6.45) is 1.74. The lowest BCUT2D eigenvalue weighted by Crippen LogP contribution is -2.29. The number of rotatable bonds is 3. The van der Waals surface area contributed by atoms with E-state index in [4.69, 9.17) is 4.42 Å². The maximum Gasteiger partial charge on any atom is 0.185 e.